The summed E-state index contributed by atoms with van der Waals surface area (Å²) < 4.78 is 0. The first-order valence-corrected chi connectivity index (χ1v) is 10.3. The summed E-state index contributed by atoms with van der Waals surface area (Å²) in [6.45, 7) is 2.57. The number of hydrogen-bond acceptors (Lipinski definition) is 3. The fourth-order valence-corrected chi connectivity index (χ4v) is 4.27. The molecule has 1 heterocycles. The Morgan fingerprint density at radius 1 is 1.15 bits per heavy atom. The van der Waals surface area contributed by atoms with Crippen LogP contribution in [0.25, 0.3) is 0 Å². The lowest BCUT2D eigenvalue weighted by atomic mass is 10.1. The highest BCUT2D eigenvalue weighted by Crippen LogP contribution is 2.29. The van der Waals surface area contributed by atoms with E-state index >= 15 is 0 Å². The zero-order valence-corrected chi connectivity index (χ0v) is 17.2. The van der Waals surface area contributed by atoms with E-state index in [0.717, 1.165) is 23.4 Å². The van der Waals surface area contributed by atoms with Crippen LogP contribution in [-0.4, -0.2) is 28.3 Å². The second kappa shape index (κ2) is 8.66. The van der Waals surface area contributed by atoms with Crippen LogP contribution < -0.4 is 0 Å². The first-order valence-electron chi connectivity index (χ1n) is 8.16. The van der Waals surface area contributed by atoms with Gasteiger partial charge >= 0.3 is 0 Å². The lowest BCUT2D eigenvalue weighted by Crippen LogP contribution is -2.40. The SMILES string of the molecule is Cc1ccc(N=C2SCCCN2C(=O)Cc2c(Cl)cccc2Cl)cc1Cl. The monoisotopic (exact) mass is 426 g/mol. The summed E-state index contributed by atoms with van der Waals surface area (Å²) in [6, 6.07) is 10.9. The standard InChI is InChI=1S/C19H17Cl3N2OS/c1-12-6-7-13(10-17(12)22)23-19-24(8-3-9-26-19)18(25)11-14-15(20)4-2-5-16(14)21/h2,4-7,10H,3,8-9,11H2,1H3. The van der Waals surface area contributed by atoms with E-state index < -0.39 is 0 Å². The van der Waals surface area contributed by atoms with Gasteiger partial charge in [-0.2, -0.15) is 0 Å². The van der Waals surface area contributed by atoms with Gasteiger partial charge in [0, 0.05) is 27.4 Å². The highest BCUT2D eigenvalue weighted by molar-refractivity contribution is 8.13. The van der Waals surface area contributed by atoms with Gasteiger partial charge in [-0.15, -0.1) is 0 Å². The van der Waals surface area contributed by atoms with Crippen molar-refractivity contribution in [3.05, 3.63) is 62.6 Å². The average molecular weight is 428 g/mol. The number of nitrogens with zero attached hydrogens (tertiary/aromatic N) is 2. The highest BCUT2D eigenvalue weighted by Gasteiger charge is 2.25. The van der Waals surface area contributed by atoms with Gasteiger partial charge in [-0.05, 0) is 48.7 Å². The van der Waals surface area contributed by atoms with Crippen LogP contribution in [-0.2, 0) is 11.2 Å². The molecule has 1 saturated heterocycles. The molecular weight excluding hydrogens is 411 g/mol. The number of aliphatic imine (C=N–C) groups is 1. The molecule has 0 N–H and O–H groups in total. The maximum atomic E-state index is 12.9. The molecule has 3 nitrogen and oxygen atoms in total. The van der Waals surface area contributed by atoms with E-state index in [4.69, 9.17) is 34.8 Å². The number of thioether (sulfide) groups is 1. The summed E-state index contributed by atoms with van der Waals surface area (Å²) in [7, 11) is 0. The van der Waals surface area contributed by atoms with Crippen molar-refractivity contribution < 1.29 is 4.79 Å². The molecule has 0 aliphatic carbocycles. The van der Waals surface area contributed by atoms with Crippen molar-refractivity contribution in [2.24, 2.45) is 4.99 Å². The number of benzene rings is 2. The van der Waals surface area contributed by atoms with Crippen LogP contribution in [0.1, 0.15) is 17.5 Å². The Balaban J connectivity index is 1.85. The number of rotatable bonds is 3. The average Bonchev–Trinajstić information content (AvgIpc) is 2.62. The minimum Gasteiger partial charge on any atom is -0.291 e. The molecule has 0 aromatic heterocycles. The lowest BCUT2D eigenvalue weighted by Gasteiger charge is -2.28. The quantitative estimate of drug-likeness (QED) is 0.588. The molecule has 0 saturated carbocycles. The molecule has 1 fully saturated rings. The van der Waals surface area contributed by atoms with Crippen molar-refractivity contribution >= 4 is 63.3 Å². The molecule has 2 aromatic carbocycles. The first-order chi connectivity index (χ1) is 12.5. The van der Waals surface area contributed by atoms with E-state index in [0.29, 0.717) is 32.3 Å². The third-order valence-electron chi connectivity index (χ3n) is 4.06. The molecule has 1 aliphatic rings. The molecule has 0 spiro atoms. The molecule has 1 amide bonds. The van der Waals surface area contributed by atoms with Gasteiger partial charge in [0.1, 0.15) is 0 Å². The fourth-order valence-electron chi connectivity index (χ4n) is 2.59. The predicted octanol–water partition coefficient (Wildman–Crippen LogP) is 6.15. The van der Waals surface area contributed by atoms with Gasteiger partial charge in [0.2, 0.25) is 5.91 Å². The highest BCUT2D eigenvalue weighted by atomic mass is 35.5. The van der Waals surface area contributed by atoms with E-state index in [1.165, 1.54) is 0 Å². The maximum absolute atomic E-state index is 12.9. The molecule has 1 aliphatic heterocycles. The number of halogens is 3. The summed E-state index contributed by atoms with van der Waals surface area (Å²) in [4.78, 5) is 19.2. The molecule has 3 rings (SSSR count). The zero-order chi connectivity index (χ0) is 18.7. The van der Waals surface area contributed by atoms with E-state index in [9.17, 15) is 4.79 Å². The zero-order valence-electron chi connectivity index (χ0n) is 14.1. The Kier molecular flexibility index (Phi) is 6.51. The van der Waals surface area contributed by atoms with Crippen LogP contribution in [0.15, 0.2) is 41.4 Å². The number of carbonyl (C=O) groups is 1. The molecular formula is C19H17Cl3N2OS. The molecule has 7 heteroatoms. The van der Waals surface area contributed by atoms with Gasteiger partial charge in [-0.3, -0.25) is 9.69 Å². The van der Waals surface area contributed by atoms with Crippen LogP contribution in [0, 0.1) is 6.92 Å². The number of amides is 1. The lowest BCUT2D eigenvalue weighted by molar-refractivity contribution is -0.126. The van der Waals surface area contributed by atoms with Gasteiger partial charge in [0.05, 0.1) is 12.1 Å². The molecule has 2 aromatic rings. The van der Waals surface area contributed by atoms with Gasteiger partial charge in [0.25, 0.3) is 0 Å². The number of amidine groups is 1. The molecule has 0 radical (unpaired) electrons. The Bertz CT molecular complexity index is 850. The number of hydrogen-bond donors (Lipinski definition) is 0. The summed E-state index contributed by atoms with van der Waals surface area (Å²) in [5.41, 5.74) is 2.38. The van der Waals surface area contributed by atoms with Crippen LogP contribution in [0.3, 0.4) is 0 Å². The fraction of sp³-hybridized carbons (Fsp3) is 0.263. The number of carbonyl (C=O) groups excluding carboxylic acids is 1. The number of aryl methyl sites for hydroxylation is 1. The van der Waals surface area contributed by atoms with Gasteiger partial charge < -0.3 is 0 Å². The van der Waals surface area contributed by atoms with Gasteiger partial charge in [-0.1, -0.05) is 58.7 Å². The van der Waals surface area contributed by atoms with E-state index in [-0.39, 0.29) is 12.3 Å². The van der Waals surface area contributed by atoms with Crippen molar-refractivity contribution in [1.29, 1.82) is 0 Å². The Morgan fingerprint density at radius 3 is 2.58 bits per heavy atom. The van der Waals surface area contributed by atoms with Crippen molar-refractivity contribution in [2.45, 2.75) is 19.8 Å². The van der Waals surface area contributed by atoms with Crippen LogP contribution in [0.4, 0.5) is 5.69 Å². The minimum atomic E-state index is -0.0656. The van der Waals surface area contributed by atoms with E-state index in [2.05, 4.69) is 4.99 Å². The predicted molar refractivity (Wildman–Crippen MR) is 112 cm³/mol. The van der Waals surface area contributed by atoms with Crippen LogP contribution >= 0.6 is 46.6 Å². The van der Waals surface area contributed by atoms with Crippen molar-refractivity contribution in [1.82, 2.24) is 4.90 Å². The summed E-state index contributed by atoms with van der Waals surface area (Å²) >= 11 is 20.2. The van der Waals surface area contributed by atoms with E-state index in [1.54, 1.807) is 34.9 Å². The van der Waals surface area contributed by atoms with Crippen LogP contribution in [0.2, 0.25) is 15.1 Å². The normalized spacial score (nSPS) is 16.2. The summed E-state index contributed by atoms with van der Waals surface area (Å²) in [5, 5.41) is 2.34. The smallest absolute Gasteiger partial charge is 0.233 e. The molecule has 26 heavy (non-hydrogen) atoms. The van der Waals surface area contributed by atoms with Crippen molar-refractivity contribution in [2.75, 3.05) is 12.3 Å². The molecule has 136 valence electrons. The topological polar surface area (TPSA) is 32.7 Å². The van der Waals surface area contributed by atoms with Crippen LogP contribution in [0.5, 0.6) is 0 Å². The second-order valence-corrected chi connectivity index (χ2v) is 8.24. The van der Waals surface area contributed by atoms with Crippen molar-refractivity contribution in [3.63, 3.8) is 0 Å². The summed E-state index contributed by atoms with van der Waals surface area (Å²) in [5.74, 6) is 0.860. The first kappa shape index (κ1) is 19.6. The van der Waals surface area contributed by atoms with Crippen molar-refractivity contribution in [3.8, 4) is 0 Å². The van der Waals surface area contributed by atoms with Gasteiger partial charge in [0.15, 0.2) is 5.17 Å². The third-order valence-corrected chi connectivity index (χ3v) is 6.24. The summed E-state index contributed by atoms with van der Waals surface area (Å²) in [6.07, 6.45) is 1.06. The molecule has 0 atom stereocenters. The van der Waals surface area contributed by atoms with Gasteiger partial charge in [-0.25, -0.2) is 4.99 Å². The Labute approximate surface area is 172 Å². The van der Waals surface area contributed by atoms with E-state index in [1.807, 2.05) is 25.1 Å². The maximum Gasteiger partial charge on any atom is 0.233 e. The minimum absolute atomic E-state index is 0.0656. The molecule has 0 bridgehead atoms. The third kappa shape index (κ3) is 4.55. The Morgan fingerprint density at radius 2 is 1.88 bits per heavy atom. The Hall–Kier alpha value is -1.20. The molecule has 0 unspecified atom stereocenters. The second-order valence-electron chi connectivity index (χ2n) is 5.95. The largest absolute Gasteiger partial charge is 0.291 e.